The number of rotatable bonds is 4. The van der Waals surface area contributed by atoms with E-state index in [1.807, 2.05) is 23.2 Å². The third-order valence-corrected chi connectivity index (χ3v) is 2.76. The molecule has 4 heteroatoms. The summed E-state index contributed by atoms with van der Waals surface area (Å²) in [7, 11) is 0. The molecule has 1 fully saturated rings. The van der Waals surface area contributed by atoms with E-state index in [1.165, 1.54) is 18.4 Å². The van der Waals surface area contributed by atoms with E-state index in [2.05, 4.69) is 21.4 Å². The van der Waals surface area contributed by atoms with Gasteiger partial charge in [0.1, 0.15) is 0 Å². The molecule has 0 aliphatic heterocycles. The van der Waals surface area contributed by atoms with Gasteiger partial charge >= 0.3 is 0 Å². The van der Waals surface area contributed by atoms with Crippen molar-refractivity contribution >= 4 is 0 Å². The molecule has 1 aliphatic carbocycles. The first-order valence-electron chi connectivity index (χ1n) is 5.57. The fourth-order valence-corrected chi connectivity index (χ4v) is 1.67. The van der Waals surface area contributed by atoms with E-state index in [0.717, 1.165) is 18.3 Å². The summed E-state index contributed by atoms with van der Waals surface area (Å²) in [5.74, 6) is 0. The molecule has 1 N–H and O–H groups in total. The Balaban J connectivity index is 1.76. The molecular weight excluding hydrogens is 200 g/mol. The Kier molecular flexibility index (Phi) is 2.42. The zero-order chi connectivity index (χ0) is 10.8. The van der Waals surface area contributed by atoms with Gasteiger partial charge in [-0.2, -0.15) is 0 Å². The van der Waals surface area contributed by atoms with Gasteiger partial charge in [0.05, 0.1) is 18.2 Å². The van der Waals surface area contributed by atoms with Crippen molar-refractivity contribution in [1.29, 1.82) is 0 Å². The molecule has 4 nitrogen and oxygen atoms in total. The Hall–Kier alpha value is -1.68. The summed E-state index contributed by atoms with van der Waals surface area (Å²) in [6, 6.07) is 2.88. The molecule has 0 atom stereocenters. The summed E-state index contributed by atoms with van der Waals surface area (Å²) in [6.07, 6.45) is 11.9. The molecule has 82 valence electrons. The van der Waals surface area contributed by atoms with Crippen LogP contribution in [0.2, 0.25) is 0 Å². The van der Waals surface area contributed by atoms with Crippen LogP contribution in [0.4, 0.5) is 0 Å². The van der Waals surface area contributed by atoms with Crippen molar-refractivity contribution in [3.8, 4) is 5.69 Å². The van der Waals surface area contributed by atoms with Gasteiger partial charge in [0.2, 0.25) is 0 Å². The van der Waals surface area contributed by atoms with E-state index in [-0.39, 0.29) is 0 Å². The Morgan fingerprint density at radius 3 is 3.00 bits per heavy atom. The highest BCUT2D eigenvalue weighted by Gasteiger charge is 2.19. The monoisotopic (exact) mass is 214 g/mol. The third kappa shape index (κ3) is 2.12. The largest absolute Gasteiger partial charge is 0.310 e. The summed E-state index contributed by atoms with van der Waals surface area (Å²) in [5.41, 5.74) is 2.28. The Labute approximate surface area is 94.4 Å². The maximum atomic E-state index is 4.25. The van der Waals surface area contributed by atoms with Crippen molar-refractivity contribution in [3.05, 3.63) is 42.7 Å². The number of imidazole rings is 1. The zero-order valence-electron chi connectivity index (χ0n) is 9.00. The topological polar surface area (TPSA) is 42.7 Å². The molecule has 1 saturated carbocycles. The van der Waals surface area contributed by atoms with Crippen LogP contribution in [-0.4, -0.2) is 20.6 Å². The summed E-state index contributed by atoms with van der Waals surface area (Å²) in [4.78, 5) is 8.28. The number of nitrogens with zero attached hydrogens (tertiary/aromatic N) is 3. The SMILES string of the molecule is c1cn(-c2cncc(CNC3CC3)c2)cn1. The standard InChI is InChI=1S/C12H14N4/c1-2-11(1)15-7-10-5-12(8-14-6-10)16-4-3-13-9-16/h3-6,8-9,11,15H,1-2,7H2. The lowest BCUT2D eigenvalue weighted by Crippen LogP contribution is -2.15. The van der Waals surface area contributed by atoms with Crippen LogP contribution < -0.4 is 5.32 Å². The highest BCUT2D eigenvalue weighted by molar-refractivity contribution is 5.31. The number of aromatic nitrogens is 3. The first-order chi connectivity index (χ1) is 7.92. The van der Waals surface area contributed by atoms with Gasteiger partial charge in [-0.1, -0.05) is 0 Å². The van der Waals surface area contributed by atoms with Gasteiger partial charge in [-0.05, 0) is 24.5 Å². The molecule has 0 saturated heterocycles. The molecule has 0 bridgehead atoms. The lowest BCUT2D eigenvalue weighted by Gasteiger charge is -2.05. The minimum absolute atomic E-state index is 0.733. The molecule has 0 unspecified atom stereocenters. The van der Waals surface area contributed by atoms with E-state index in [9.17, 15) is 0 Å². The molecule has 3 rings (SSSR count). The lowest BCUT2D eigenvalue weighted by atomic mass is 10.2. The average molecular weight is 214 g/mol. The van der Waals surface area contributed by atoms with E-state index in [0.29, 0.717) is 0 Å². The van der Waals surface area contributed by atoms with Crippen LogP contribution in [0.25, 0.3) is 5.69 Å². The second-order valence-electron chi connectivity index (χ2n) is 4.18. The van der Waals surface area contributed by atoms with E-state index in [1.54, 1.807) is 12.5 Å². The first kappa shape index (κ1) is 9.54. The predicted molar refractivity (Wildman–Crippen MR) is 61.2 cm³/mol. The first-order valence-corrected chi connectivity index (χ1v) is 5.57. The smallest absolute Gasteiger partial charge is 0.0992 e. The minimum atomic E-state index is 0.733. The summed E-state index contributed by atoms with van der Waals surface area (Å²) in [6.45, 7) is 0.903. The molecule has 2 heterocycles. The van der Waals surface area contributed by atoms with Gasteiger partial charge < -0.3 is 9.88 Å². The van der Waals surface area contributed by atoms with Crippen LogP contribution in [-0.2, 0) is 6.54 Å². The number of pyridine rings is 1. The predicted octanol–water partition coefficient (Wildman–Crippen LogP) is 1.52. The van der Waals surface area contributed by atoms with Gasteiger partial charge in [-0.15, -0.1) is 0 Å². The molecule has 0 amide bonds. The summed E-state index contributed by atoms with van der Waals surface area (Å²) < 4.78 is 1.97. The third-order valence-electron chi connectivity index (χ3n) is 2.76. The van der Waals surface area contributed by atoms with Crippen molar-refractivity contribution < 1.29 is 0 Å². The van der Waals surface area contributed by atoms with Gasteiger partial charge in [-0.25, -0.2) is 4.98 Å². The van der Waals surface area contributed by atoms with E-state index >= 15 is 0 Å². The number of hydrogen-bond acceptors (Lipinski definition) is 3. The normalized spacial score (nSPS) is 15.2. The molecule has 0 aromatic carbocycles. The van der Waals surface area contributed by atoms with Crippen LogP contribution in [0.3, 0.4) is 0 Å². The maximum absolute atomic E-state index is 4.25. The molecule has 16 heavy (non-hydrogen) atoms. The molecule has 1 aliphatic rings. The van der Waals surface area contributed by atoms with Crippen LogP contribution >= 0.6 is 0 Å². The van der Waals surface area contributed by atoms with Crippen molar-refractivity contribution in [2.24, 2.45) is 0 Å². The second kappa shape index (κ2) is 4.06. The number of nitrogens with one attached hydrogen (secondary N) is 1. The van der Waals surface area contributed by atoms with Gasteiger partial charge in [0.25, 0.3) is 0 Å². The fourth-order valence-electron chi connectivity index (χ4n) is 1.67. The number of hydrogen-bond donors (Lipinski definition) is 1. The molecule has 0 spiro atoms. The Morgan fingerprint density at radius 2 is 2.25 bits per heavy atom. The summed E-state index contributed by atoms with van der Waals surface area (Å²) in [5, 5.41) is 3.48. The van der Waals surface area contributed by atoms with Crippen LogP contribution in [0, 0.1) is 0 Å². The van der Waals surface area contributed by atoms with Gasteiger partial charge in [0, 0.05) is 31.2 Å². The molecular formula is C12H14N4. The quantitative estimate of drug-likeness (QED) is 0.839. The van der Waals surface area contributed by atoms with E-state index in [4.69, 9.17) is 0 Å². The molecule has 2 aromatic rings. The van der Waals surface area contributed by atoms with Crippen molar-refractivity contribution in [3.63, 3.8) is 0 Å². The van der Waals surface area contributed by atoms with Gasteiger partial charge in [-0.3, -0.25) is 4.98 Å². The maximum Gasteiger partial charge on any atom is 0.0992 e. The van der Waals surface area contributed by atoms with Crippen LogP contribution in [0.5, 0.6) is 0 Å². The minimum Gasteiger partial charge on any atom is -0.310 e. The highest BCUT2D eigenvalue weighted by Crippen LogP contribution is 2.19. The van der Waals surface area contributed by atoms with Gasteiger partial charge in [0.15, 0.2) is 0 Å². The fraction of sp³-hybridized carbons (Fsp3) is 0.333. The second-order valence-corrected chi connectivity index (χ2v) is 4.18. The molecule has 0 radical (unpaired) electrons. The average Bonchev–Trinajstić information content (AvgIpc) is 2.99. The van der Waals surface area contributed by atoms with Crippen LogP contribution in [0.15, 0.2) is 37.2 Å². The van der Waals surface area contributed by atoms with Crippen LogP contribution in [0.1, 0.15) is 18.4 Å². The van der Waals surface area contributed by atoms with Crippen molar-refractivity contribution in [2.75, 3.05) is 0 Å². The Bertz CT molecular complexity index is 460. The Morgan fingerprint density at radius 1 is 1.31 bits per heavy atom. The van der Waals surface area contributed by atoms with E-state index < -0.39 is 0 Å². The molecule has 2 aromatic heterocycles. The highest BCUT2D eigenvalue weighted by atomic mass is 15.0. The lowest BCUT2D eigenvalue weighted by molar-refractivity contribution is 0.685. The van der Waals surface area contributed by atoms with Crippen molar-refractivity contribution in [2.45, 2.75) is 25.4 Å². The van der Waals surface area contributed by atoms with Crippen molar-refractivity contribution in [1.82, 2.24) is 19.9 Å². The summed E-state index contributed by atoms with van der Waals surface area (Å²) >= 11 is 0. The zero-order valence-corrected chi connectivity index (χ0v) is 9.00.